The molecule has 0 radical (unpaired) electrons. The predicted octanol–water partition coefficient (Wildman–Crippen LogP) is 3.52. The first kappa shape index (κ1) is 15.2. The van der Waals surface area contributed by atoms with Gasteiger partial charge in [0.2, 0.25) is 5.95 Å². The van der Waals surface area contributed by atoms with Gasteiger partial charge in [-0.05, 0) is 18.2 Å². The molecular weight excluding hydrogens is 307 g/mol. The predicted molar refractivity (Wildman–Crippen MR) is 75.7 cm³/mol. The van der Waals surface area contributed by atoms with Crippen molar-refractivity contribution < 1.29 is 13.2 Å². The molecule has 1 heterocycles. The zero-order chi connectivity index (χ0) is 15.6. The van der Waals surface area contributed by atoms with E-state index in [0.717, 1.165) is 12.1 Å². The van der Waals surface area contributed by atoms with Crippen molar-refractivity contribution in [3.8, 4) is 0 Å². The van der Waals surface area contributed by atoms with E-state index in [-0.39, 0.29) is 22.5 Å². The van der Waals surface area contributed by atoms with Crippen LogP contribution in [0.3, 0.4) is 0 Å². The fraction of sp³-hybridized carbons (Fsp3) is 0.167. The van der Waals surface area contributed by atoms with Gasteiger partial charge in [0.05, 0.1) is 5.56 Å². The molecule has 9 heteroatoms. The van der Waals surface area contributed by atoms with E-state index in [1.807, 2.05) is 0 Å². The molecule has 4 N–H and O–H groups in total. The molecule has 0 unspecified atom stereocenters. The van der Waals surface area contributed by atoms with Gasteiger partial charge in [-0.3, -0.25) is 0 Å². The van der Waals surface area contributed by atoms with E-state index >= 15 is 0 Å². The number of rotatable bonds is 3. The van der Waals surface area contributed by atoms with Crippen molar-refractivity contribution in [2.45, 2.75) is 6.18 Å². The van der Waals surface area contributed by atoms with Crippen LogP contribution >= 0.6 is 11.6 Å². The van der Waals surface area contributed by atoms with E-state index in [0.29, 0.717) is 5.82 Å². The van der Waals surface area contributed by atoms with Crippen LogP contribution < -0.4 is 16.4 Å². The molecule has 0 aliphatic heterocycles. The topological polar surface area (TPSA) is 75.9 Å². The van der Waals surface area contributed by atoms with Crippen LogP contribution in [0.2, 0.25) is 5.02 Å². The summed E-state index contributed by atoms with van der Waals surface area (Å²) in [7, 11) is 1.63. The Morgan fingerprint density at radius 2 is 1.76 bits per heavy atom. The SMILES string of the molecule is CNc1cc(Nc2cc(Cl)cc(C(F)(F)F)c2)nc(N)n1. The number of nitrogens with zero attached hydrogens (tertiary/aromatic N) is 2. The number of halogens is 4. The van der Waals surface area contributed by atoms with Crippen LogP contribution in [0.15, 0.2) is 24.3 Å². The molecule has 1 aromatic heterocycles. The molecule has 0 bridgehead atoms. The van der Waals surface area contributed by atoms with Crippen molar-refractivity contribution >= 4 is 34.9 Å². The summed E-state index contributed by atoms with van der Waals surface area (Å²) in [5, 5.41) is 5.44. The minimum atomic E-state index is -4.48. The highest BCUT2D eigenvalue weighted by Gasteiger charge is 2.31. The number of hydrogen-bond acceptors (Lipinski definition) is 5. The molecule has 0 atom stereocenters. The first-order valence-electron chi connectivity index (χ1n) is 5.75. The van der Waals surface area contributed by atoms with E-state index in [1.165, 1.54) is 12.1 Å². The van der Waals surface area contributed by atoms with Gasteiger partial charge in [0, 0.05) is 23.8 Å². The van der Waals surface area contributed by atoms with Crippen molar-refractivity contribution in [1.82, 2.24) is 9.97 Å². The Morgan fingerprint density at radius 3 is 2.38 bits per heavy atom. The van der Waals surface area contributed by atoms with Gasteiger partial charge in [-0.1, -0.05) is 11.6 Å². The second-order valence-electron chi connectivity index (χ2n) is 4.10. The van der Waals surface area contributed by atoms with Crippen molar-refractivity contribution in [2.24, 2.45) is 0 Å². The molecule has 0 saturated heterocycles. The average Bonchev–Trinajstić information content (AvgIpc) is 2.36. The van der Waals surface area contributed by atoms with E-state index in [1.54, 1.807) is 7.05 Å². The van der Waals surface area contributed by atoms with Gasteiger partial charge in [0.25, 0.3) is 0 Å². The molecular formula is C12H11ClF3N5. The molecule has 0 fully saturated rings. The molecule has 2 aromatic rings. The number of alkyl halides is 3. The number of nitrogens with two attached hydrogens (primary N) is 1. The van der Waals surface area contributed by atoms with Crippen molar-refractivity contribution in [1.29, 1.82) is 0 Å². The Morgan fingerprint density at radius 1 is 1.10 bits per heavy atom. The highest BCUT2D eigenvalue weighted by Crippen LogP contribution is 2.34. The minimum absolute atomic E-state index is 0.0116. The van der Waals surface area contributed by atoms with Crippen molar-refractivity contribution in [2.75, 3.05) is 23.4 Å². The number of anilines is 4. The van der Waals surface area contributed by atoms with Crippen LogP contribution in [0.25, 0.3) is 0 Å². The molecule has 0 amide bonds. The maximum atomic E-state index is 12.7. The van der Waals surface area contributed by atoms with Crippen molar-refractivity contribution in [3.05, 3.63) is 34.9 Å². The Bertz CT molecular complexity index is 660. The van der Waals surface area contributed by atoms with E-state index in [9.17, 15) is 13.2 Å². The number of aromatic nitrogens is 2. The molecule has 112 valence electrons. The van der Waals surface area contributed by atoms with Gasteiger partial charge >= 0.3 is 6.18 Å². The van der Waals surface area contributed by atoms with Gasteiger partial charge in [-0.25, -0.2) is 0 Å². The fourth-order valence-electron chi connectivity index (χ4n) is 1.63. The van der Waals surface area contributed by atoms with Gasteiger partial charge < -0.3 is 16.4 Å². The molecule has 0 saturated carbocycles. The molecule has 2 rings (SSSR count). The number of nitrogen functional groups attached to an aromatic ring is 1. The summed E-state index contributed by atoms with van der Waals surface area (Å²) >= 11 is 5.70. The lowest BCUT2D eigenvalue weighted by molar-refractivity contribution is -0.137. The highest BCUT2D eigenvalue weighted by molar-refractivity contribution is 6.31. The normalized spacial score (nSPS) is 11.3. The zero-order valence-electron chi connectivity index (χ0n) is 10.8. The first-order chi connectivity index (χ1) is 9.77. The fourth-order valence-corrected chi connectivity index (χ4v) is 1.87. The molecule has 0 aliphatic rings. The maximum absolute atomic E-state index is 12.7. The van der Waals surface area contributed by atoms with Crippen LogP contribution in [-0.4, -0.2) is 17.0 Å². The van der Waals surface area contributed by atoms with Crippen molar-refractivity contribution in [3.63, 3.8) is 0 Å². The Labute approximate surface area is 123 Å². The van der Waals surface area contributed by atoms with Crippen LogP contribution in [0.1, 0.15) is 5.56 Å². The third kappa shape index (κ3) is 3.88. The highest BCUT2D eigenvalue weighted by atomic mass is 35.5. The summed E-state index contributed by atoms with van der Waals surface area (Å²) in [5.74, 6) is 0.674. The number of hydrogen-bond donors (Lipinski definition) is 3. The molecule has 0 aliphatic carbocycles. The van der Waals surface area contributed by atoms with Crippen LogP contribution in [0.5, 0.6) is 0 Å². The number of nitrogens with one attached hydrogen (secondary N) is 2. The summed E-state index contributed by atoms with van der Waals surface area (Å²) < 4.78 is 38.2. The lowest BCUT2D eigenvalue weighted by Crippen LogP contribution is -2.06. The first-order valence-corrected chi connectivity index (χ1v) is 6.13. The zero-order valence-corrected chi connectivity index (χ0v) is 11.5. The van der Waals surface area contributed by atoms with Crippen LogP contribution in [0, 0.1) is 0 Å². The Hall–Kier alpha value is -2.22. The smallest absolute Gasteiger partial charge is 0.373 e. The van der Waals surface area contributed by atoms with E-state index < -0.39 is 11.7 Å². The summed E-state index contributed by atoms with van der Waals surface area (Å²) in [6.45, 7) is 0. The summed E-state index contributed by atoms with van der Waals surface area (Å²) in [6, 6.07) is 4.64. The van der Waals surface area contributed by atoms with Gasteiger partial charge in [-0.15, -0.1) is 0 Å². The van der Waals surface area contributed by atoms with Crippen LogP contribution in [-0.2, 0) is 6.18 Å². The maximum Gasteiger partial charge on any atom is 0.416 e. The molecule has 0 spiro atoms. The summed E-state index contributed by atoms with van der Waals surface area (Å²) in [4.78, 5) is 7.77. The molecule has 21 heavy (non-hydrogen) atoms. The standard InChI is InChI=1S/C12H11ClF3N5/c1-18-9-5-10(21-11(17)20-9)19-8-3-6(12(14,15)16)2-7(13)4-8/h2-5H,1H3,(H4,17,18,19,20,21). The minimum Gasteiger partial charge on any atom is -0.373 e. The molecule has 5 nitrogen and oxygen atoms in total. The lowest BCUT2D eigenvalue weighted by atomic mass is 10.2. The van der Waals surface area contributed by atoms with Gasteiger partial charge in [0.15, 0.2) is 0 Å². The largest absolute Gasteiger partial charge is 0.416 e. The Balaban J connectivity index is 2.35. The lowest BCUT2D eigenvalue weighted by Gasteiger charge is -2.12. The summed E-state index contributed by atoms with van der Waals surface area (Å²) in [5.41, 5.74) is 4.80. The monoisotopic (exact) mass is 317 g/mol. The second-order valence-corrected chi connectivity index (χ2v) is 4.53. The van der Waals surface area contributed by atoms with E-state index in [2.05, 4.69) is 20.6 Å². The average molecular weight is 318 g/mol. The van der Waals surface area contributed by atoms with Crippen LogP contribution in [0.4, 0.5) is 36.4 Å². The van der Waals surface area contributed by atoms with Gasteiger partial charge in [-0.2, -0.15) is 23.1 Å². The summed E-state index contributed by atoms with van der Waals surface area (Å²) in [6.07, 6.45) is -4.48. The Kier molecular flexibility index (Phi) is 4.08. The third-order valence-corrected chi connectivity index (χ3v) is 2.72. The quantitative estimate of drug-likeness (QED) is 0.807. The molecule has 1 aromatic carbocycles. The van der Waals surface area contributed by atoms with Gasteiger partial charge in [0.1, 0.15) is 11.6 Å². The number of benzene rings is 1. The van der Waals surface area contributed by atoms with E-state index in [4.69, 9.17) is 17.3 Å². The second kappa shape index (κ2) is 5.65. The third-order valence-electron chi connectivity index (χ3n) is 2.50.